The van der Waals surface area contributed by atoms with Gasteiger partial charge in [0.25, 0.3) is 0 Å². The highest BCUT2D eigenvalue weighted by atomic mass is 32.2. The van der Waals surface area contributed by atoms with E-state index in [0.717, 1.165) is 21.9 Å². The van der Waals surface area contributed by atoms with Crippen molar-refractivity contribution in [2.45, 2.75) is 36.8 Å². The van der Waals surface area contributed by atoms with Crippen LogP contribution in [0.25, 0.3) is 11.3 Å². The Labute approximate surface area is 229 Å². The van der Waals surface area contributed by atoms with Crippen molar-refractivity contribution in [1.29, 1.82) is 0 Å². The van der Waals surface area contributed by atoms with Crippen molar-refractivity contribution < 1.29 is 24.2 Å². The highest BCUT2D eigenvalue weighted by Crippen LogP contribution is 2.30. The van der Waals surface area contributed by atoms with Gasteiger partial charge in [-0.2, -0.15) is 0 Å². The number of hydrogen-bond acceptors (Lipinski definition) is 7. The van der Waals surface area contributed by atoms with Crippen LogP contribution in [0.1, 0.15) is 26.7 Å². The molecule has 4 rings (SSSR count). The molecular weight excluding hydrogens is 522 g/mol. The molecule has 3 N–H and O–H groups in total. The number of thiazole rings is 1. The van der Waals surface area contributed by atoms with Crippen LogP contribution in [-0.2, 0) is 14.4 Å². The molecule has 2 amide bonds. The van der Waals surface area contributed by atoms with Crippen molar-refractivity contribution in [3.05, 3.63) is 66.1 Å². The zero-order valence-electron chi connectivity index (χ0n) is 21.0. The highest BCUT2D eigenvalue weighted by Gasteiger charge is 2.34. The van der Waals surface area contributed by atoms with Crippen LogP contribution in [0, 0.1) is 11.8 Å². The van der Waals surface area contributed by atoms with E-state index >= 15 is 0 Å². The predicted molar refractivity (Wildman–Crippen MR) is 151 cm³/mol. The van der Waals surface area contributed by atoms with Gasteiger partial charge in [0.1, 0.15) is 5.75 Å². The van der Waals surface area contributed by atoms with E-state index in [-0.39, 0.29) is 17.1 Å². The number of allylic oxidation sites excluding steroid dienone is 2. The van der Waals surface area contributed by atoms with Crippen LogP contribution >= 0.6 is 23.1 Å². The van der Waals surface area contributed by atoms with Crippen LogP contribution < -0.4 is 15.4 Å². The van der Waals surface area contributed by atoms with Crippen LogP contribution in [0.15, 0.2) is 71.0 Å². The predicted octanol–water partition coefficient (Wildman–Crippen LogP) is 5.93. The van der Waals surface area contributed by atoms with Gasteiger partial charge < -0.3 is 20.5 Å². The highest BCUT2D eigenvalue weighted by molar-refractivity contribution is 8.00. The van der Waals surface area contributed by atoms with Gasteiger partial charge in [-0.25, -0.2) is 4.98 Å². The third kappa shape index (κ3) is 7.02. The Kier molecular flexibility index (Phi) is 9.19. The second kappa shape index (κ2) is 12.7. The molecular formula is C28H29N3O5S2. The average molecular weight is 552 g/mol. The summed E-state index contributed by atoms with van der Waals surface area (Å²) in [6.07, 6.45) is 4.42. The Morgan fingerprint density at radius 3 is 2.39 bits per heavy atom. The molecule has 1 aliphatic carbocycles. The van der Waals surface area contributed by atoms with Gasteiger partial charge in [0.05, 0.1) is 29.4 Å². The van der Waals surface area contributed by atoms with Gasteiger partial charge in [-0.3, -0.25) is 14.4 Å². The van der Waals surface area contributed by atoms with Crippen LogP contribution in [0.2, 0.25) is 0 Å². The molecule has 3 aromatic rings. The number of thioether (sulfide) groups is 1. The summed E-state index contributed by atoms with van der Waals surface area (Å²) < 4.78 is 5.47. The molecule has 0 radical (unpaired) electrons. The molecule has 1 heterocycles. The van der Waals surface area contributed by atoms with E-state index in [2.05, 4.69) is 15.6 Å². The van der Waals surface area contributed by atoms with Gasteiger partial charge in [0, 0.05) is 21.5 Å². The molecule has 8 nitrogen and oxygen atoms in total. The van der Waals surface area contributed by atoms with Crippen molar-refractivity contribution in [1.82, 2.24) is 4.98 Å². The summed E-state index contributed by atoms with van der Waals surface area (Å²) in [6.45, 7) is 4.36. The molecule has 0 saturated heterocycles. The minimum atomic E-state index is -0.960. The van der Waals surface area contributed by atoms with E-state index in [1.807, 2.05) is 61.7 Å². The number of ether oxygens (including phenoxy) is 1. The molecule has 3 unspecified atom stereocenters. The third-order valence-electron chi connectivity index (χ3n) is 6.09. The molecule has 0 aliphatic heterocycles. The van der Waals surface area contributed by atoms with E-state index in [9.17, 15) is 19.5 Å². The molecule has 3 atom stereocenters. The van der Waals surface area contributed by atoms with Crippen molar-refractivity contribution in [3.63, 3.8) is 0 Å². The number of carboxylic acids is 1. The SMILES string of the molecule is CCOc1ccc(-c2csc(NC(=O)C(C)Sc3ccc(NC(=O)C4CC=CCC4C(=O)O)cc3)n2)cc1. The molecule has 198 valence electrons. The van der Waals surface area contributed by atoms with E-state index in [1.54, 1.807) is 18.2 Å². The van der Waals surface area contributed by atoms with Gasteiger partial charge in [0.2, 0.25) is 11.8 Å². The Balaban J connectivity index is 1.29. The normalized spacial score (nSPS) is 17.4. The topological polar surface area (TPSA) is 118 Å². The van der Waals surface area contributed by atoms with E-state index in [0.29, 0.717) is 30.3 Å². The number of anilines is 2. The molecule has 10 heteroatoms. The molecule has 0 spiro atoms. The Morgan fingerprint density at radius 1 is 1.05 bits per heavy atom. The number of nitrogens with one attached hydrogen (secondary N) is 2. The Bertz CT molecular complexity index is 1300. The zero-order valence-corrected chi connectivity index (χ0v) is 22.7. The summed E-state index contributed by atoms with van der Waals surface area (Å²) in [6, 6.07) is 14.8. The number of carboxylic acid groups (broad SMARTS) is 1. The van der Waals surface area contributed by atoms with Crippen molar-refractivity contribution in [2.75, 3.05) is 17.2 Å². The number of nitrogens with zero attached hydrogens (tertiary/aromatic N) is 1. The molecule has 1 aliphatic rings. The number of amides is 2. The zero-order chi connectivity index (χ0) is 27.1. The largest absolute Gasteiger partial charge is 0.494 e. The lowest BCUT2D eigenvalue weighted by molar-refractivity contribution is -0.146. The number of benzene rings is 2. The lowest BCUT2D eigenvalue weighted by atomic mass is 9.82. The first kappa shape index (κ1) is 27.4. The van der Waals surface area contributed by atoms with Gasteiger partial charge in [-0.1, -0.05) is 12.2 Å². The van der Waals surface area contributed by atoms with Crippen LogP contribution in [0.4, 0.5) is 10.8 Å². The fourth-order valence-electron chi connectivity index (χ4n) is 4.05. The van der Waals surface area contributed by atoms with Gasteiger partial charge in [0.15, 0.2) is 5.13 Å². The first-order chi connectivity index (χ1) is 18.3. The standard InChI is InChI=1S/C28H29N3O5S2/c1-3-36-20-12-8-18(9-13-20)24-16-37-28(30-24)31-25(32)17(2)38-21-14-10-19(11-15-21)29-26(33)22-6-4-5-7-23(22)27(34)35/h4-5,8-17,22-23H,3,6-7H2,1-2H3,(H,29,33)(H,34,35)(H,30,31,32). The van der Waals surface area contributed by atoms with E-state index in [4.69, 9.17) is 4.74 Å². The minimum Gasteiger partial charge on any atom is -0.494 e. The van der Waals surface area contributed by atoms with Crippen LogP contribution in [0.5, 0.6) is 5.75 Å². The summed E-state index contributed by atoms with van der Waals surface area (Å²) >= 11 is 2.76. The number of aliphatic carboxylic acids is 1. The fourth-order valence-corrected chi connectivity index (χ4v) is 5.64. The quantitative estimate of drug-likeness (QED) is 0.211. The molecule has 1 aromatic heterocycles. The van der Waals surface area contributed by atoms with Crippen molar-refractivity contribution in [3.8, 4) is 17.0 Å². The summed E-state index contributed by atoms with van der Waals surface area (Å²) in [5.74, 6) is -1.94. The Hall–Kier alpha value is -3.63. The monoisotopic (exact) mass is 551 g/mol. The van der Waals surface area contributed by atoms with Crippen LogP contribution in [-0.4, -0.2) is 39.7 Å². The summed E-state index contributed by atoms with van der Waals surface area (Å²) in [5.41, 5.74) is 2.31. The maximum atomic E-state index is 12.8. The van der Waals surface area contributed by atoms with E-state index in [1.165, 1.54) is 23.1 Å². The number of rotatable bonds is 10. The lowest BCUT2D eigenvalue weighted by Gasteiger charge is -2.24. The first-order valence-electron chi connectivity index (χ1n) is 12.3. The smallest absolute Gasteiger partial charge is 0.307 e. The summed E-state index contributed by atoms with van der Waals surface area (Å²) in [5, 5.41) is 17.2. The number of carbonyl (C=O) groups is 3. The molecule has 2 aromatic carbocycles. The second-order valence-corrected chi connectivity index (χ2v) is 11.0. The minimum absolute atomic E-state index is 0.162. The summed E-state index contributed by atoms with van der Waals surface area (Å²) in [4.78, 5) is 42.3. The Morgan fingerprint density at radius 2 is 1.74 bits per heavy atom. The third-order valence-corrected chi connectivity index (χ3v) is 7.96. The van der Waals surface area contributed by atoms with E-state index < -0.39 is 17.8 Å². The maximum absolute atomic E-state index is 12.8. The molecule has 0 fully saturated rings. The number of hydrogen-bond donors (Lipinski definition) is 3. The maximum Gasteiger partial charge on any atom is 0.307 e. The number of carbonyl (C=O) groups excluding carboxylic acids is 2. The summed E-state index contributed by atoms with van der Waals surface area (Å²) in [7, 11) is 0. The average Bonchev–Trinajstić information content (AvgIpc) is 3.38. The molecule has 0 bridgehead atoms. The second-order valence-electron chi connectivity index (χ2n) is 8.75. The molecule has 38 heavy (non-hydrogen) atoms. The van der Waals surface area contributed by atoms with Gasteiger partial charge in [-0.05, 0) is 75.2 Å². The fraction of sp³-hybridized carbons (Fsp3) is 0.286. The van der Waals surface area contributed by atoms with Gasteiger partial charge in [-0.15, -0.1) is 23.1 Å². The number of aromatic nitrogens is 1. The first-order valence-corrected chi connectivity index (χ1v) is 14.0. The lowest BCUT2D eigenvalue weighted by Crippen LogP contribution is -2.34. The van der Waals surface area contributed by atoms with Crippen molar-refractivity contribution in [2.24, 2.45) is 11.8 Å². The van der Waals surface area contributed by atoms with Gasteiger partial charge >= 0.3 is 5.97 Å². The van der Waals surface area contributed by atoms with Crippen LogP contribution in [0.3, 0.4) is 0 Å². The molecule has 0 saturated carbocycles. The van der Waals surface area contributed by atoms with Crippen molar-refractivity contribution >= 4 is 51.7 Å².